The fraction of sp³-hybridized carbons (Fsp3) is 0.300. The van der Waals surface area contributed by atoms with E-state index >= 15 is 0 Å². The number of aryl methyl sites for hydroxylation is 2. The van der Waals surface area contributed by atoms with Gasteiger partial charge in [0.15, 0.2) is 5.16 Å². The van der Waals surface area contributed by atoms with E-state index in [1.807, 2.05) is 38.1 Å². The van der Waals surface area contributed by atoms with Gasteiger partial charge in [0, 0.05) is 28.5 Å². The maximum atomic E-state index is 12.6. The van der Waals surface area contributed by atoms with Crippen molar-refractivity contribution in [3.05, 3.63) is 53.0 Å². The zero-order valence-electron chi connectivity index (χ0n) is 16.4. The van der Waals surface area contributed by atoms with Crippen LogP contribution in [0.4, 0.5) is 5.69 Å². The summed E-state index contributed by atoms with van der Waals surface area (Å²) in [4.78, 5) is 35.9. The summed E-state index contributed by atoms with van der Waals surface area (Å²) in [5.41, 5.74) is 2.83. The van der Waals surface area contributed by atoms with Gasteiger partial charge in [-0.1, -0.05) is 6.07 Å². The first-order chi connectivity index (χ1) is 13.9. The Morgan fingerprint density at radius 3 is 2.66 bits per heavy atom. The molecule has 0 fully saturated rings. The second-order valence-corrected chi connectivity index (χ2v) is 7.52. The van der Waals surface area contributed by atoms with Crippen LogP contribution >= 0.6 is 11.8 Å². The van der Waals surface area contributed by atoms with Crippen LogP contribution < -0.4 is 5.32 Å². The number of nitrogens with one attached hydrogen (secondary N) is 1. The molecule has 152 valence electrons. The monoisotopic (exact) mass is 414 g/mol. The molecule has 1 aromatic carbocycles. The normalized spacial score (nSPS) is 13.8. The van der Waals surface area contributed by atoms with E-state index in [0.29, 0.717) is 10.8 Å². The van der Waals surface area contributed by atoms with E-state index in [4.69, 9.17) is 9.84 Å². The number of aromatic nitrogens is 2. The van der Waals surface area contributed by atoms with Gasteiger partial charge in [-0.05, 0) is 49.9 Å². The lowest BCUT2D eigenvalue weighted by molar-refractivity contribution is -0.136. The minimum Gasteiger partial charge on any atom is -0.466 e. The van der Waals surface area contributed by atoms with Crippen molar-refractivity contribution in [3.8, 4) is 0 Å². The molecule has 0 aliphatic carbocycles. The van der Waals surface area contributed by atoms with Crippen molar-refractivity contribution in [1.82, 2.24) is 14.9 Å². The summed E-state index contributed by atoms with van der Waals surface area (Å²) >= 11 is 1.41. The number of rotatable bonds is 7. The number of aliphatic hydroxyl groups excluding tert-OH is 1. The Bertz CT molecular complexity index is 956. The first-order valence-corrected chi connectivity index (χ1v) is 9.81. The predicted molar refractivity (Wildman–Crippen MR) is 108 cm³/mol. The molecule has 1 aromatic heterocycles. The van der Waals surface area contributed by atoms with Crippen molar-refractivity contribution in [3.63, 3.8) is 0 Å². The number of carbonyl (C=O) groups is 2. The summed E-state index contributed by atoms with van der Waals surface area (Å²) in [6.07, 6.45) is 0. The van der Waals surface area contributed by atoms with Crippen LogP contribution in [0.3, 0.4) is 0 Å². The van der Waals surface area contributed by atoms with Gasteiger partial charge in [-0.3, -0.25) is 4.79 Å². The Balaban J connectivity index is 1.84. The highest BCUT2D eigenvalue weighted by atomic mass is 32.2. The molecule has 0 saturated carbocycles. The van der Waals surface area contributed by atoms with Crippen LogP contribution in [0.5, 0.6) is 0 Å². The van der Waals surface area contributed by atoms with Gasteiger partial charge in [0.1, 0.15) is 5.70 Å². The Kier molecular flexibility index (Phi) is 6.50. The van der Waals surface area contributed by atoms with Crippen molar-refractivity contribution in [2.24, 2.45) is 0 Å². The Hall–Kier alpha value is -2.91. The van der Waals surface area contributed by atoms with E-state index < -0.39 is 5.97 Å². The van der Waals surface area contributed by atoms with Gasteiger partial charge >= 0.3 is 5.97 Å². The number of nitrogens with zero attached hydrogens (tertiary/aromatic N) is 3. The molecule has 1 aliphatic rings. The number of ether oxygens (including phenoxy) is 1. The quantitative estimate of drug-likeness (QED) is 0.523. The van der Waals surface area contributed by atoms with E-state index in [1.165, 1.54) is 23.8 Å². The van der Waals surface area contributed by atoms with Crippen molar-refractivity contribution >= 4 is 29.3 Å². The van der Waals surface area contributed by atoms with Gasteiger partial charge in [0.05, 0.1) is 25.8 Å². The third-order valence-corrected chi connectivity index (χ3v) is 5.08. The maximum Gasteiger partial charge on any atom is 0.337 e. The van der Waals surface area contributed by atoms with Crippen LogP contribution in [0.1, 0.15) is 11.4 Å². The van der Waals surface area contributed by atoms with Crippen LogP contribution in [0.15, 0.2) is 51.7 Å². The third kappa shape index (κ3) is 4.93. The summed E-state index contributed by atoms with van der Waals surface area (Å²) in [6, 6.07) is 9.33. The van der Waals surface area contributed by atoms with Crippen molar-refractivity contribution in [2.45, 2.75) is 23.9 Å². The van der Waals surface area contributed by atoms with Gasteiger partial charge in [-0.15, -0.1) is 0 Å². The van der Waals surface area contributed by atoms with Crippen LogP contribution in [-0.2, 0) is 14.3 Å². The molecule has 8 nitrogen and oxygen atoms in total. The van der Waals surface area contributed by atoms with Gasteiger partial charge in [0.2, 0.25) is 0 Å². The highest BCUT2D eigenvalue weighted by Crippen LogP contribution is 2.29. The number of amides is 1. The molecule has 29 heavy (non-hydrogen) atoms. The predicted octanol–water partition coefficient (Wildman–Crippen LogP) is 1.92. The second kappa shape index (κ2) is 9.06. The number of hydrogen-bond donors (Lipinski definition) is 2. The number of β-amino-alcohol motifs (C(OH)–C–C–N with tert-alkyl or cyclic N) is 1. The molecule has 2 heterocycles. The highest BCUT2D eigenvalue weighted by Gasteiger charge is 2.34. The lowest BCUT2D eigenvalue weighted by Crippen LogP contribution is -2.31. The molecule has 1 aliphatic heterocycles. The van der Waals surface area contributed by atoms with Gasteiger partial charge < -0.3 is 20.1 Å². The zero-order chi connectivity index (χ0) is 21.0. The van der Waals surface area contributed by atoms with Crippen molar-refractivity contribution in [1.29, 1.82) is 0 Å². The van der Waals surface area contributed by atoms with Gasteiger partial charge in [0.25, 0.3) is 5.91 Å². The van der Waals surface area contributed by atoms with Gasteiger partial charge in [-0.2, -0.15) is 0 Å². The van der Waals surface area contributed by atoms with Crippen LogP contribution in [0, 0.1) is 13.8 Å². The maximum absolute atomic E-state index is 12.6. The molecule has 0 radical (unpaired) electrons. The number of benzene rings is 1. The Morgan fingerprint density at radius 1 is 1.28 bits per heavy atom. The molecular formula is C20H22N4O4S. The van der Waals surface area contributed by atoms with E-state index in [1.54, 1.807) is 6.07 Å². The summed E-state index contributed by atoms with van der Waals surface area (Å²) in [5, 5.41) is 12.8. The summed E-state index contributed by atoms with van der Waals surface area (Å²) in [5.74, 6) is -0.925. The molecule has 1 amide bonds. The number of esters is 1. The number of aliphatic hydroxyl groups is 1. The summed E-state index contributed by atoms with van der Waals surface area (Å²) in [7, 11) is 1.27. The second-order valence-electron chi connectivity index (χ2n) is 6.48. The molecule has 0 unspecified atom stereocenters. The average molecular weight is 414 g/mol. The average Bonchev–Trinajstić information content (AvgIpc) is 2.97. The Morgan fingerprint density at radius 2 is 2.00 bits per heavy atom. The number of methoxy groups -OCH3 is 1. The van der Waals surface area contributed by atoms with Crippen LogP contribution in [0.25, 0.3) is 0 Å². The number of anilines is 1. The summed E-state index contributed by atoms with van der Waals surface area (Å²) < 4.78 is 4.80. The zero-order valence-corrected chi connectivity index (χ0v) is 17.2. The molecule has 9 heteroatoms. The molecule has 0 spiro atoms. The third-order valence-electron chi connectivity index (χ3n) is 4.23. The lowest BCUT2D eigenvalue weighted by atomic mass is 10.2. The SMILES string of the molecule is COC(=O)C1=C(Nc2cccc(Sc3nc(C)cc(C)n3)c2)C(=O)N(CCO)C1. The first kappa shape index (κ1) is 20.8. The number of carbonyl (C=O) groups excluding carboxylic acids is 2. The minimum atomic E-state index is -0.574. The smallest absolute Gasteiger partial charge is 0.337 e. The molecule has 2 aromatic rings. The van der Waals surface area contributed by atoms with E-state index in [9.17, 15) is 9.59 Å². The highest BCUT2D eigenvalue weighted by molar-refractivity contribution is 7.99. The largest absolute Gasteiger partial charge is 0.466 e. The molecule has 0 bridgehead atoms. The molecule has 2 N–H and O–H groups in total. The minimum absolute atomic E-state index is 0.0965. The van der Waals surface area contributed by atoms with E-state index in [0.717, 1.165) is 16.3 Å². The first-order valence-electron chi connectivity index (χ1n) is 9.00. The molecular weight excluding hydrogens is 392 g/mol. The molecule has 0 atom stereocenters. The fourth-order valence-corrected chi connectivity index (χ4v) is 3.90. The van der Waals surface area contributed by atoms with E-state index in [-0.39, 0.29) is 36.9 Å². The number of hydrogen-bond acceptors (Lipinski definition) is 8. The lowest BCUT2D eigenvalue weighted by Gasteiger charge is -2.15. The Labute approximate surface area is 173 Å². The van der Waals surface area contributed by atoms with Crippen LogP contribution in [-0.4, -0.2) is 58.7 Å². The van der Waals surface area contributed by atoms with E-state index in [2.05, 4.69) is 15.3 Å². The van der Waals surface area contributed by atoms with Crippen molar-refractivity contribution in [2.75, 3.05) is 32.1 Å². The fourth-order valence-electron chi connectivity index (χ4n) is 2.98. The molecule has 3 rings (SSSR count). The van der Waals surface area contributed by atoms with Gasteiger partial charge in [-0.25, -0.2) is 14.8 Å². The van der Waals surface area contributed by atoms with Crippen molar-refractivity contribution < 1.29 is 19.4 Å². The van der Waals surface area contributed by atoms with Crippen LogP contribution in [0.2, 0.25) is 0 Å². The topological polar surface area (TPSA) is 105 Å². The molecule has 0 saturated heterocycles. The standard InChI is InChI=1S/C20H22N4O4S/c1-12-9-13(2)22-20(21-12)29-15-6-4-5-14(10-15)23-17-16(19(27)28-3)11-24(7-8-25)18(17)26/h4-6,9-10,23,25H,7-8,11H2,1-3H3. The summed E-state index contributed by atoms with van der Waals surface area (Å²) in [6.45, 7) is 3.89.